The predicted molar refractivity (Wildman–Crippen MR) is 104 cm³/mol. The summed E-state index contributed by atoms with van der Waals surface area (Å²) in [7, 11) is 0. The first-order valence-corrected chi connectivity index (χ1v) is 9.70. The molecular weight excluding hydrogens is 312 g/mol. The minimum atomic E-state index is 0.640. The Bertz CT molecular complexity index is 804. The zero-order valence-corrected chi connectivity index (χ0v) is 15.8. The summed E-state index contributed by atoms with van der Waals surface area (Å²) in [6, 6.07) is 8.61. The van der Waals surface area contributed by atoms with E-state index in [4.69, 9.17) is 0 Å². The molecule has 0 amide bonds. The van der Waals surface area contributed by atoms with Crippen LogP contribution < -0.4 is 0 Å². The molecule has 126 valence electrons. The maximum atomic E-state index is 4.28. The average Bonchev–Trinajstić information content (AvgIpc) is 3.19. The molecule has 2 aromatic heterocycles. The molecule has 1 aliphatic rings. The molecule has 1 unspecified atom stereocenters. The summed E-state index contributed by atoms with van der Waals surface area (Å²) in [5, 5.41) is 3.70. The van der Waals surface area contributed by atoms with Gasteiger partial charge in [0.15, 0.2) is 0 Å². The van der Waals surface area contributed by atoms with Crippen molar-refractivity contribution in [1.29, 1.82) is 0 Å². The summed E-state index contributed by atoms with van der Waals surface area (Å²) in [5.74, 6) is 2.06. The molecule has 0 aliphatic heterocycles. The molecule has 0 radical (unpaired) electrons. The molecule has 2 heterocycles. The number of nitrogens with zero attached hydrogens (tertiary/aromatic N) is 2. The lowest BCUT2D eigenvalue weighted by Gasteiger charge is -2.13. The minimum Gasteiger partial charge on any atom is -0.245 e. The number of aryl methyl sites for hydroxylation is 1. The Hall–Kier alpha value is -1.74. The summed E-state index contributed by atoms with van der Waals surface area (Å²) in [6.07, 6.45) is 6.04. The van der Waals surface area contributed by atoms with Gasteiger partial charge in [0.1, 0.15) is 6.33 Å². The van der Waals surface area contributed by atoms with E-state index in [-0.39, 0.29) is 0 Å². The van der Waals surface area contributed by atoms with Gasteiger partial charge in [-0.15, -0.1) is 11.3 Å². The molecule has 24 heavy (non-hydrogen) atoms. The van der Waals surface area contributed by atoms with Crippen LogP contribution in [0, 0.1) is 5.92 Å². The van der Waals surface area contributed by atoms with Crippen LogP contribution in [0.2, 0.25) is 0 Å². The molecule has 2 nitrogen and oxygen atoms in total. The molecule has 1 atom stereocenters. The van der Waals surface area contributed by atoms with E-state index in [1.165, 1.54) is 33.3 Å². The van der Waals surface area contributed by atoms with Crippen molar-refractivity contribution in [1.82, 2.24) is 9.97 Å². The fourth-order valence-corrected chi connectivity index (χ4v) is 4.59. The van der Waals surface area contributed by atoms with Crippen molar-refractivity contribution >= 4 is 21.4 Å². The van der Waals surface area contributed by atoms with E-state index in [1.807, 2.05) is 17.5 Å². The lowest BCUT2D eigenvalue weighted by atomic mass is 9.92. The fourth-order valence-electron chi connectivity index (χ4n) is 3.47. The van der Waals surface area contributed by atoms with Crippen molar-refractivity contribution in [2.24, 2.45) is 5.92 Å². The second-order valence-electron chi connectivity index (χ2n) is 7.16. The van der Waals surface area contributed by atoms with Gasteiger partial charge in [-0.25, -0.2) is 9.97 Å². The topological polar surface area (TPSA) is 25.8 Å². The van der Waals surface area contributed by atoms with Crippen LogP contribution in [0.15, 0.2) is 42.2 Å². The van der Waals surface area contributed by atoms with Crippen molar-refractivity contribution in [2.75, 3.05) is 0 Å². The highest BCUT2D eigenvalue weighted by Crippen LogP contribution is 2.36. The van der Waals surface area contributed by atoms with E-state index in [1.54, 1.807) is 6.33 Å². The molecule has 0 saturated heterocycles. The maximum absolute atomic E-state index is 4.28. The highest BCUT2D eigenvalue weighted by atomic mass is 32.1. The van der Waals surface area contributed by atoms with Crippen LogP contribution in [0.3, 0.4) is 0 Å². The third kappa shape index (κ3) is 3.51. The van der Waals surface area contributed by atoms with Gasteiger partial charge >= 0.3 is 0 Å². The van der Waals surface area contributed by atoms with Gasteiger partial charge in [-0.05, 0) is 58.6 Å². The number of aromatic nitrogens is 2. The SMILES string of the molecule is CC(C)C1CCc2ncncc21.CC(C)c1csc2ccccc12. The predicted octanol–water partition coefficient (Wildman–Crippen LogP) is 6.19. The first kappa shape index (κ1) is 17.1. The monoisotopic (exact) mass is 338 g/mol. The van der Waals surface area contributed by atoms with E-state index >= 15 is 0 Å². The Morgan fingerprint density at radius 2 is 1.92 bits per heavy atom. The molecular formula is C21H26N2S. The Morgan fingerprint density at radius 3 is 2.67 bits per heavy atom. The molecule has 3 heteroatoms. The van der Waals surface area contributed by atoms with Crippen LogP contribution in [0.5, 0.6) is 0 Å². The lowest BCUT2D eigenvalue weighted by Crippen LogP contribution is -2.02. The minimum absolute atomic E-state index is 0.640. The second-order valence-corrected chi connectivity index (χ2v) is 8.07. The van der Waals surface area contributed by atoms with Gasteiger partial charge in [-0.1, -0.05) is 45.9 Å². The Kier molecular flexibility index (Phi) is 5.30. The van der Waals surface area contributed by atoms with Gasteiger partial charge in [0.05, 0.1) is 0 Å². The zero-order valence-electron chi connectivity index (χ0n) is 15.0. The first-order chi connectivity index (χ1) is 11.6. The molecule has 0 spiro atoms. The highest BCUT2D eigenvalue weighted by Gasteiger charge is 2.25. The quantitative estimate of drug-likeness (QED) is 0.557. The summed E-state index contributed by atoms with van der Waals surface area (Å²) in [4.78, 5) is 8.36. The number of hydrogen-bond donors (Lipinski definition) is 0. The van der Waals surface area contributed by atoms with Gasteiger partial charge in [-0.2, -0.15) is 0 Å². The average molecular weight is 339 g/mol. The molecule has 1 aliphatic carbocycles. The van der Waals surface area contributed by atoms with Gasteiger partial charge < -0.3 is 0 Å². The van der Waals surface area contributed by atoms with Gasteiger partial charge in [0.25, 0.3) is 0 Å². The van der Waals surface area contributed by atoms with Gasteiger partial charge in [0.2, 0.25) is 0 Å². The molecule has 3 aromatic rings. The van der Waals surface area contributed by atoms with E-state index in [9.17, 15) is 0 Å². The van der Waals surface area contributed by atoms with Crippen LogP contribution in [0.25, 0.3) is 10.1 Å². The van der Waals surface area contributed by atoms with E-state index in [2.05, 4.69) is 67.3 Å². The standard InChI is InChI=1S/C11H12S.C10H14N2/c1-8(2)10-7-12-11-6-4-3-5-9(10)11;1-7(2)8-3-4-10-9(8)5-11-6-12-10/h3-8H,1-2H3;5-8H,3-4H2,1-2H3. The molecule has 4 rings (SSSR count). The second kappa shape index (κ2) is 7.43. The molecule has 1 aromatic carbocycles. The normalized spacial score (nSPS) is 16.3. The zero-order chi connectivity index (χ0) is 17.1. The molecule has 0 saturated carbocycles. The summed E-state index contributed by atoms with van der Waals surface area (Å²) >= 11 is 1.84. The molecule has 0 fully saturated rings. The van der Waals surface area contributed by atoms with Crippen molar-refractivity contribution in [3.05, 3.63) is 59.0 Å². The summed E-state index contributed by atoms with van der Waals surface area (Å²) < 4.78 is 1.40. The Labute approximate surface area is 149 Å². The fraction of sp³-hybridized carbons (Fsp3) is 0.429. The smallest absolute Gasteiger partial charge is 0.115 e. The maximum Gasteiger partial charge on any atom is 0.115 e. The van der Waals surface area contributed by atoms with Crippen LogP contribution in [0.4, 0.5) is 0 Å². The van der Waals surface area contributed by atoms with Crippen molar-refractivity contribution in [3.8, 4) is 0 Å². The van der Waals surface area contributed by atoms with Crippen molar-refractivity contribution < 1.29 is 0 Å². The van der Waals surface area contributed by atoms with Crippen LogP contribution in [-0.4, -0.2) is 9.97 Å². The van der Waals surface area contributed by atoms with Crippen LogP contribution in [0.1, 0.15) is 62.8 Å². The Balaban J connectivity index is 0.000000141. The summed E-state index contributed by atoms with van der Waals surface area (Å²) in [5.41, 5.74) is 4.13. The van der Waals surface area contributed by atoms with Crippen molar-refractivity contribution in [2.45, 2.75) is 52.4 Å². The third-order valence-electron chi connectivity index (χ3n) is 4.86. The molecule has 0 N–H and O–H groups in total. The first-order valence-electron chi connectivity index (χ1n) is 8.82. The third-order valence-corrected chi connectivity index (χ3v) is 5.84. The Morgan fingerprint density at radius 1 is 1.12 bits per heavy atom. The number of thiophene rings is 1. The van der Waals surface area contributed by atoms with E-state index in [0.717, 1.165) is 12.3 Å². The van der Waals surface area contributed by atoms with Crippen molar-refractivity contribution in [3.63, 3.8) is 0 Å². The molecule has 0 bridgehead atoms. The van der Waals surface area contributed by atoms with Gasteiger partial charge in [-0.3, -0.25) is 0 Å². The number of benzene rings is 1. The van der Waals surface area contributed by atoms with E-state index in [0.29, 0.717) is 11.8 Å². The largest absolute Gasteiger partial charge is 0.245 e. The van der Waals surface area contributed by atoms with Crippen LogP contribution in [-0.2, 0) is 6.42 Å². The number of rotatable bonds is 2. The van der Waals surface area contributed by atoms with E-state index < -0.39 is 0 Å². The van der Waals surface area contributed by atoms with Crippen LogP contribution >= 0.6 is 11.3 Å². The van der Waals surface area contributed by atoms with Gasteiger partial charge in [0, 0.05) is 16.6 Å². The lowest BCUT2D eigenvalue weighted by molar-refractivity contribution is 0.495. The number of hydrogen-bond acceptors (Lipinski definition) is 3. The number of fused-ring (bicyclic) bond motifs is 2. The summed E-state index contributed by atoms with van der Waals surface area (Å²) in [6.45, 7) is 9.03. The highest BCUT2D eigenvalue weighted by molar-refractivity contribution is 7.17.